The Kier molecular flexibility index (Phi) is 4.04. The molecule has 1 heterocycles. The number of halogens is 4. The average Bonchev–Trinajstić information content (AvgIpc) is 2.64. The molecule has 2 aromatic rings. The molecule has 1 aromatic heterocycles. The lowest BCUT2D eigenvalue weighted by atomic mass is 10.1. The van der Waals surface area contributed by atoms with Crippen LogP contribution in [0, 0.1) is 0 Å². The highest BCUT2D eigenvalue weighted by atomic mass is 35.5. The molecule has 0 saturated carbocycles. The molecule has 0 radical (unpaired) electrons. The minimum absolute atomic E-state index is 0.290. The minimum atomic E-state index is -0.290. The van der Waals surface area contributed by atoms with Gasteiger partial charge >= 0.3 is 0 Å². The van der Waals surface area contributed by atoms with Gasteiger partial charge in [-0.1, -0.05) is 40.9 Å². The zero-order valence-electron chi connectivity index (χ0n) is 7.88. The summed E-state index contributed by atoms with van der Waals surface area (Å²) in [6, 6.07) is 9.00. The van der Waals surface area contributed by atoms with Crippen LogP contribution in [-0.2, 0) is 0 Å². The van der Waals surface area contributed by atoms with Crippen molar-refractivity contribution >= 4 is 57.7 Å². The van der Waals surface area contributed by atoms with Gasteiger partial charge in [-0.25, -0.2) is 0 Å². The molecule has 0 bridgehead atoms. The number of hydrogen-bond donors (Lipinski definition) is 0. The molecule has 0 nitrogen and oxygen atoms in total. The normalized spacial score (nSPS) is 12.8. The summed E-state index contributed by atoms with van der Waals surface area (Å²) in [5.41, 5.74) is 0.839. The molecule has 0 aliphatic heterocycles. The lowest BCUT2D eigenvalue weighted by Crippen LogP contribution is -1.91. The van der Waals surface area contributed by atoms with Gasteiger partial charge in [0.25, 0.3) is 0 Å². The Morgan fingerprint density at radius 1 is 1.00 bits per heavy atom. The Bertz CT molecular complexity index is 506. The molecule has 2 rings (SSSR count). The summed E-state index contributed by atoms with van der Waals surface area (Å²) in [4.78, 5) is 0.968. The van der Waals surface area contributed by atoms with Gasteiger partial charge in [-0.05, 0) is 29.8 Å². The van der Waals surface area contributed by atoms with Crippen molar-refractivity contribution in [3.05, 3.63) is 55.2 Å². The Morgan fingerprint density at radius 3 is 2.31 bits per heavy atom. The first-order valence-electron chi connectivity index (χ1n) is 4.42. The summed E-state index contributed by atoms with van der Waals surface area (Å²) in [5, 5.41) is 0.876. The SMILES string of the molecule is Clc1ccc(C(Cl)c2ccc(Cl)s2)c(Cl)c1. The fraction of sp³-hybridized carbons (Fsp3) is 0.0909. The van der Waals surface area contributed by atoms with E-state index in [9.17, 15) is 0 Å². The van der Waals surface area contributed by atoms with E-state index in [1.165, 1.54) is 11.3 Å². The molecular weight excluding hydrogens is 306 g/mol. The first-order chi connectivity index (χ1) is 7.58. The fourth-order valence-corrected chi connectivity index (χ4v) is 3.35. The maximum Gasteiger partial charge on any atom is 0.0942 e. The van der Waals surface area contributed by atoms with Crippen LogP contribution in [-0.4, -0.2) is 0 Å². The predicted molar refractivity (Wildman–Crippen MR) is 73.5 cm³/mol. The van der Waals surface area contributed by atoms with Gasteiger partial charge in [-0.2, -0.15) is 0 Å². The highest BCUT2D eigenvalue weighted by molar-refractivity contribution is 7.16. The van der Waals surface area contributed by atoms with Crippen LogP contribution in [0.1, 0.15) is 15.8 Å². The number of thiophene rings is 1. The summed E-state index contributed by atoms with van der Waals surface area (Å²) in [5.74, 6) is 0. The third-order valence-electron chi connectivity index (χ3n) is 2.08. The summed E-state index contributed by atoms with van der Waals surface area (Å²) >= 11 is 25.5. The van der Waals surface area contributed by atoms with Crippen molar-refractivity contribution in [1.29, 1.82) is 0 Å². The third kappa shape index (κ3) is 2.66. The van der Waals surface area contributed by atoms with Crippen molar-refractivity contribution < 1.29 is 0 Å². The summed E-state index contributed by atoms with van der Waals surface area (Å²) in [6.45, 7) is 0. The first kappa shape index (κ1) is 12.5. The van der Waals surface area contributed by atoms with E-state index in [1.54, 1.807) is 12.1 Å². The molecule has 0 aliphatic carbocycles. The van der Waals surface area contributed by atoms with E-state index in [0.717, 1.165) is 10.4 Å². The van der Waals surface area contributed by atoms with Gasteiger partial charge in [-0.15, -0.1) is 22.9 Å². The van der Waals surface area contributed by atoms with E-state index in [4.69, 9.17) is 46.4 Å². The zero-order chi connectivity index (χ0) is 11.7. The summed E-state index contributed by atoms with van der Waals surface area (Å²) in [7, 11) is 0. The monoisotopic (exact) mass is 310 g/mol. The summed E-state index contributed by atoms with van der Waals surface area (Å²) in [6.07, 6.45) is 0. The smallest absolute Gasteiger partial charge is 0.0942 e. The van der Waals surface area contributed by atoms with Crippen molar-refractivity contribution in [2.45, 2.75) is 5.38 Å². The van der Waals surface area contributed by atoms with Gasteiger partial charge in [0, 0.05) is 14.9 Å². The van der Waals surface area contributed by atoms with Crippen LogP contribution in [0.3, 0.4) is 0 Å². The van der Waals surface area contributed by atoms with Crippen molar-refractivity contribution in [2.75, 3.05) is 0 Å². The molecule has 0 saturated heterocycles. The Morgan fingerprint density at radius 2 is 1.75 bits per heavy atom. The van der Waals surface area contributed by atoms with Crippen LogP contribution in [0.4, 0.5) is 0 Å². The molecule has 1 atom stereocenters. The molecule has 16 heavy (non-hydrogen) atoms. The number of hydrogen-bond acceptors (Lipinski definition) is 1. The molecular formula is C11H6Cl4S. The lowest BCUT2D eigenvalue weighted by Gasteiger charge is -2.09. The van der Waals surface area contributed by atoms with Crippen molar-refractivity contribution in [1.82, 2.24) is 0 Å². The van der Waals surface area contributed by atoms with E-state index < -0.39 is 0 Å². The maximum absolute atomic E-state index is 6.33. The van der Waals surface area contributed by atoms with Crippen LogP contribution in [0.15, 0.2) is 30.3 Å². The highest BCUT2D eigenvalue weighted by Gasteiger charge is 2.16. The average molecular weight is 312 g/mol. The molecule has 84 valence electrons. The molecule has 0 fully saturated rings. The van der Waals surface area contributed by atoms with Gasteiger partial charge in [-0.3, -0.25) is 0 Å². The lowest BCUT2D eigenvalue weighted by molar-refractivity contribution is 1.18. The number of rotatable bonds is 2. The van der Waals surface area contributed by atoms with Crippen molar-refractivity contribution in [2.24, 2.45) is 0 Å². The van der Waals surface area contributed by atoms with E-state index in [2.05, 4.69) is 0 Å². The fourth-order valence-electron chi connectivity index (χ4n) is 1.32. The highest BCUT2D eigenvalue weighted by Crippen LogP contribution is 2.38. The number of benzene rings is 1. The molecule has 0 spiro atoms. The zero-order valence-corrected chi connectivity index (χ0v) is 11.7. The van der Waals surface area contributed by atoms with E-state index in [0.29, 0.717) is 14.4 Å². The van der Waals surface area contributed by atoms with E-state index in [-0.39, 0.29) is 5.38 Å². The quantitative estimate of drug-likeness (QED) is 0.593. The van der Waals surface area contributed by atoms with Crippen molar-refractivity contribution in [3.63, 3.8) is 0 Å². The largest absolute Gasteiger partial charge is 0.127 e. The Labute approximate surface area is 118 Å². The molecule has 1 unspecified atom stereocenters. The van der Waals surface area contributed by atoms with Crippen LogP contribution in [0.5, 0.6) is 0 Å². The molecule has 0 aliphatic rings. The standard InChI is InChI=1S/C11H6Cl4S/c12-6-1-2-7(8(13)5-6)11(15)9-3-4-10(14)16-9/h1-5,11H. The van der Waals surface area contributed by atoms with Crippen molar-refractivity contribution in [3.8, 4) is 0 Å². The first-order valence-corrected chi connectivity index (χ1v) is 6.81. The minimum Gasteiger partial charge on any atom is -0.127 e. The second-order valence-corrected chi connectivity index (χ2v) is 6.20. The molecule has 0 amide bonds. The Hall–Kier alpha value is 0.0800. The van der Waals surface area contributed by atoms with Gasteiger partial charge in [0.1, 0.15) is 0 Å². The van der Waals surface area contributed by atoms with E-state index in [1.807, 2.05) is 18.2 Å². The topological polar surface area (TPSA) is 0 Å². The maximum atomic E-state index is 6.33. The number of alkyl halides is 1. The van der Waals surface area contributed by atoms with Crippen LogP contribution < -0.4 is 0 Å². The van der Waals surface area contributed by atoms with Gasteiger partial charge in [0.05, 0.1) is 9.71 Å². The molecule has 5 heteroatoms. The molecule has 1 aromatic carbocycles. The Balaban J connectivity index is 2.37. The van der Waals surface area contributed by atoms with Gasteiger partial charge < -0.3 is 0 Å². The van der Waals surface area contributed by atoms with Crippen LogP contribution in [0.2, 0.25) is 14.4 Å². The van der Waals surface area contributed by atoms with E-state index >= 15 is 0 Å². The summed E-state index contributed by atoms with van der Waals surface area (Å²) < 4.78 is 0.714. The predicted octanol–water partition coefficient (Wildman–Crippen LogP) is 6.04. The van der Waals surface area contributed by atoms with Gasteiger partial charge in [0.2, 0.25) is 0 Å². The van der Waals surface area contributed by atoms with Crippen LogP contribution >= 0.6 is 57.7 Å². The molecule has 0 N–H and O–H groups in total. The van der Waals surface area contributed by atoms with Crippen LogP contribution in [0.25, 0.3) is 0 Å². The third-order valence-corrected chi connectivity index (χ3v) is 4.54. The second-order valence-electron chi connectivity index (χ2n) is 3.17. The van der Waals surface area contributed by atoms with Gasteiger partial charge in [0.15, 0.2) is 0 Å². The second kappa shape index (κ2) is 5.16.